The molecule has 0 saturated heterocycles. The van der Waals surface area contributed by atoms with Crippen LogP contribution in [0.4, 0.5) is 5.69 Å². The predicted octanol–water partition coefficient (Wildman–Crippen LogP) is 3.64. The summed E-state index contributed by atoms with van der Waals surface area (Å²) >= 11 is 2.00. The third kappa shape index (κ3) is 2.12. The van der Waals surface area contributed by atoms with E-state index >= 15 is 0 Å². The van der Waals surface area contributed by atoms with Crippen LogP contribution in [0.3, 0.4) is 0 Å². The van der Waals surface area contributed by atoms with Gasteiger partial charge in [0.05, 0.1) is 11.0 Å². The molecule has 0 amide bonds. The number of hydrogen-bond donors (Lipinski definition) is 1. The van der Waals surface area contributed by atoms with E-state index in [4.69, 9.17) is 10.7 Å². The summed E-state index contributed by atoms with van der Waals surface area (Å²) in [6.45, 7) is 2.18. The Morgan fingerprint density at radius 1 is 1.42 bits per heavy atom. The Kier molecular flexibility index (Phi) is 3.44. The second kappa shape index (κ2) is 5.08. The quantitative estimate of drug-likeness (QED) is 0.870. The van der Waals surface area contributed by atoms with Crippen molar-refractivity contribution in [3.8, 4) is 0 Å². The van der Waals surface area contributed by atoms with Gasteiger partial charge >= 0.3 is 0 Å². The standard InChI is InChI=1S/C15H21N3S/c1-3-15-17-11-9-10(16)7-8-12(11)18(15)13-5-4-6-14(13)19-2/h7-9,13-14H,3-6,16H2,1-2H3. The predicted molar refractivity (Wildman–Crippen MR) is 83.7 cm³/mol. The molecule has 3 nitrogen and oxygen atoms in total. The maximum Gasteiger partial charge on any atom is 0.109 e. The van der Waals surface area contributed by atoms with Crippen molar-refractivity contribution in [1.82, 2.24) is 9.55 Å². The molecule has 1 aliphatic carbocycles. The fourth-order valence-electron chi connectivity index (χ4n) is 3.26. The second-order valence-electron chi connectivity index (χ2n) is 5.27. The highest BCUT2D eigenvalue weighted by molar-refractivity contribution is 7.99. The molecule has 0 aliphatic heterocycles. The number of rotatable bonds is 3. The lowest BCUT2D eigenvalue weighted by atomic mass is 10.2. The number of nitrogen functional groups attached to an aromatic ring is 1. The second-order valence-corrected chi connectivity index (χ2v) is 6.35. The first kappa shape index (κ1) is 12.9. The van der Waals surface area contributed by atoms with Gasteiger partial charge in [0, 0.05) is 23.4 Å². The van der Waals surface area contributed by atoms with Crippen molar-refractivity contribution in [3.05, 3.63) is 24.0 Å². The molecule has 2 aromatic rings. The Morgan fingerprint density at radius 2 is 2.26 bits per heavy atom. The van der Waals surface area contributed by atoms with Gasteiger partial charge in [0.15, 0.2) is 0 Å². The zero-order chi connectivity index (χ0) is 13.4. The lowest BCUT2D eigenvalue weighted by Gasteiger charge is -2.22. The van der Waals surface area contributed by atoms with E-state index in [2.05, 4.69) is 23.8 Å². The number of anilines is 1. The molecule has 2 atom stereocenters. The van der Waals surface area contributed by atoms with Crippen LogP contribution in [-0.2, 0) is 6.42 Å². The lowest BCUT2D eigenvalue weighted by molar-refractivity contribution is 0.522. The largest absolute Gasteiger partial charge is 0.399 e. The normalized spacial score (nSPS) is 23.3. The first-order valence-electron chi connectivity index (χ1n) is 7.03. The van der Waals surface area contributed by atoms with Crippen LogP contribution in [-0.4, -0.2) is 21.1 Å². The highest BCUT2D eigenvalue weighted by Crippen LogP contribution is 2.40. The van der Waals surface area contributed by atoms with Crippen LogP contribution in [0.2, 0.25) is 0 Å². The van der Waals surface area contributed by atoms with Gasteiger partial charge in [0.25, 0.3) is 0 Å². The molecule has 102 valence electrons. The highest BCUT2D eigenvalue weighted by atomic mass is 32.2. The van der Waals surface area contributed by atoms with Gasteiger partial charge in [-0.25, -0.2) is 4.98 Å². The van der Waals surface area contributed by atoms with Crippen molar-refractivity contribution in [2.24, 2.45) is 0 Å². The Hall–Kier alpha value is -1.16. The topological polar surface area (TPSA) is 43.8 Å². The van der Waals surface area contributed by atoms with E-state index in [1.807, 2.05) is 23.9 Å². The molecule has 1 aromatic carbocycles. The molecule has 3 rings (SSSR count). The van der Waals surface area contributed by atoms with Crippen molar-refractivity contribution in [3.63, 3.8) is 0 Å². The van der Waals surface area contributed by atoms with Gasteiger partial charge in [-0.05, 0) is 37.3 Å². The monoisotopic (exact) mass is 275 g/mol. The average Bonchev–Trinajstić information content (AvgIpc) is 3.00. The van der Waals surface area contributed by atoms with Gasteiger partial charge < -0.3 is 10.3 Å². The molecule has 1 fully saturated rings. The number of aromatic nitrogens is 2. The highest BCUT2D eigenvalue weighted by Gasteiger charge is 2.30. The summed E-state index contributed by atoms with van der Waals surface area (Å²) in [6, 6.07) is 6.71. The number of nitrogens with zero attached hydrogens (tertiary/aromatic N) is 2. The first-order chi connectivity index (χ1) is 9.24. The molecule has 0 radical (unpaired) electrons. The molecule has 0 spiro atoms. The molecular weight excluding hydrogens is 254 g/mol. The first-order valence-corrected chi connectivity index (χ1v) is 8.32. The molecule has 2 N–H and O–H groups in total. The summed E-state index contributed by atoms with van der Waals surface area (Å²) in [7, 11) is 0. The van der Waals surface area contributed by atoms with E-state index < -0.39 is 0 Å². The number of hydrogen-bond acceptors (Lipinski definition) is 3. The Bertz CT molecular complexity index is 590. The fraction of sp³-hybridized carbons (Fsp3) is 0.533. The molecule has 1 heterocycles. The van der Waals surface area contributed by atoms with Gasteiger partial charge in [0.1, 0.15) is 5.82 Å². The van der Waals surface area contributed by atoms with Crippen molar-refractivity contribution in [2.45, 2.75) is 43.9 Å². The van der Waals surface area contributed by atoms with Gasteiger partial charge in [-0.15, -0.1) is 0 Å². The van der Waals surface area contributed by atoms with Crippen molar-refractivity contribution >= 4 is 28.5 Å². The third-order valence-corrected chi connectivity index (χ3v) is 5.31. The molecule has 1 saturated carbocycles. The van der Waals surface area contributed by atoms with Crippen LogP contribution in [0, 0.1) is 0 Å². The van der Waals surface area contributed by atoms with Crippen molar-refractivity contribution in [1.29, 1.82) is 0 Å². The van der Waals surface area contributed by atoms with Crippen molar-refractivity contribution < 1.29 is 0 Å². The molecule has 0 bridgehead atoms. The average molecular weight is 275 g/mol. The molecule has 1 aromatic heterocycles. The summed E-state index contributed by atoms with van der Waals surface area (Å²) < 4.78 is 2.48. The summed E-state index contributed by atoms with van der Waals surface area (Å²) in [5.41, 5.74) is 8.97. The fourth-order valence-corrected chi connectivity index (χ4v) is 4.24. The maximum absolute atomic E-state index is 5.88. The van der Waals surface area contributed by atoms with E-state index in [0.29, 0.717) is 6.04 Å². The summed E-state index contributed by atoms with van der Waals surface area (Å²) in [6.07, 6.45) is 7.13. The van der Waals surface area contributed by atoms with Crippen molar-refractivity contribution in [2.75, 3.05) is 12.0 Å². The molecule has 2 unspecified atom stereocenters. The van der Waals surface area contributed by atoms with Crippen LogP contribution >= 0.6 is 11.8 Å². The number of aryl methyl sites for hydroxylation is 1. The lowest BCUT2D eigenvalue weighted by Crippen LogP contribution is -2.17. The summed E-state index contributed by atoms with van der Waals surface area (Å²) in [5, 5.41) is 0.722. The zero-order valence-electron chi connectivity index (χ0n) is 11.6. The molecule has 19 heavy (non-hydrogen) atoms. The SMILES string of the molecule is CCc1nc2cc(N)ccc2n1C1CCCC1SC. The van der Waals surface area contributed by atoms with Crippen LogP contribution in [0.25, 0.3) is 11.0 Å². The minimum Gasteiger partial charge on any atom is -0.399 e. The Balaban J connectivity index is 2.15. The van der Waals surface area contributed by atoms with Crippen LogP contribution < -0.4 is 5.73 Å². The van der Waals surface area contributed by atoms with E-state index in [-0.39, 0.29) is 0 Å². The zero-order valence-corrected chi connectivity index (χ0v) is 12.4. The van der Waals surface area contributed by atoms with Crippen LogP contribution in [0.5, 0.6) is 0 Å². The van der Waals surface area contributed by atoms with Gasteiger partial charge in [0.2, 0.25) is 0 Å². The number of fused-ring (bicyclic) bond motifs is 1. The number of benzene rings is 1. The van der Waals surface area contributed by atoms with Gasteiger partial charge in [-0.2, -0.15) is 11.8 Å². The summed E-state index contributed by atoms with van der Waals surface area (Å²) in [5.74, 6) is 1.20. The minimum absolute atomic E-state index is 0.596. The van der Waals surface area contributed by atoms with E-state index in [0.717, 1.165) is 22.9 Å². The number of nitrogens with two attached hydrogens (primary N) is 1. The van der Waals surface area contributed by atoms with Gasteiger partial charge in [-0.1, -0.05) is 13.3 Å². The third-order valence-electron chi connectivity index (χ3n) is 4.15. The Labute approximate surface area is 118 Å². The van der Waals surface area contributed by atoms with E-state index in [9.17, 15) is 0 Å². The summed E-state index contributed by atoms with van der Waals surface area (Å²) in [4.78, 5) is 4.78. The maximum atomic E-state index is 5.88. The minimum atomic E-state index is 0.596. The number of imidazole rings is 1. The van der Waals surface area contributed by atoms with E-state index in [1.165, 1.54) is 30.6 Å². The van der Waals surface area contributed by atoms with Crippen LogP contribution in [0.1, 0.15) is 38.1 Å². The molecule has 4 heteroatoms. The van der Waals surface area contributed by atoms with E-state index in [1.54, 1.807) is 0 Å². The Morgan fingerprint density at radius 3 is 3.00 bits per heavy atom. The smallest absolute Gasteiger partial charge is 0.109 e. The molecule has 1 aliphatic rings. The van der Waals surface area contributed by atoms with Crippen LogP contribution in [0.15, 0.2) is 18.2 Å². The van der Waals surface area contributed by atoms with Gasteiger partial charge in [-0.3, -0.25) is 0 Å². The molecular formula is C15H21N3S. The number of thioether (sulfide) groups is 1.